The number of rotatable bonds is 3. The summed E-state index contributed by atoms with van der Waals surface area (Å²) >= 11 is 0. The van der Waals surface area contributed by atoms with E-state index in [0.717, 1.165) is 32.5 Å². The van der Waals surface area contributed by atoms with E-state index in [0.29, 0.717) is 23.8 Å². The molecule has 0 unspecified atom stereocenters. The molecule has 3 fully saturated rings. The first-order valence-electron chi connectivity index (χ1n) is 9.79. The van der Waals surface area contributed by atoms with Crippen LogP contribution in [-0.4, -0.2) is 41.4 Å². The highest BCUT2D eigenvalue weighted by Gasteiger charge is 2.41. The van der Waals surface area contributed by atoms with Gasteiger partial charge in [0.25, 0.3) is 0 Å². The Morgan fingerprint density at radius 2 is 2.00 bits per heavy atom. The van der Waals surface area contributed by atoms with Gasteiger partial charge in [-0.3, -0.25) is 9.69 Å². The molecule has 4 rings (SSSR count). The van der Waals surface area contributed by atoms with Crippen LogP contribution < -0.4 is 0 Å². The summed E-state index contributed by atoms with van der Waals surface area (Å²) in [5.41, 5.74) is 2.76. The van der Waals surface area contributed by atoms with E-state index in [9.17, 15) is 4.79 Å². The number of hydrogen-bond acceptors (Lipinski definition) is 2. The normalized spacial score (nSPS) is 28.3. The quantitative estimate of drug-likeness (QED) is 0.847. The van der Waals surface area contributed by atoms with Gasteiger partial charge in [0.15, 0.2) is 0 Å². The molecule has 1 saturated carbocycles. The minimum absolute atomic E-state index is 0.345. The van der Waals surface area contributed by atoms with E-state index in [-0.39, 0.29) is 0 Å². The predicted molar refractivity (Wildman–Crippen MR) is 96.6 cm³/mol. The fourth-order valence-electron chi connectivity index (χ4n) is 4.77. The van der Waals surface area contributed by atoms with Crippen molar-refractivity contribution in [3.05, 3.63) is 35.4 Å². The van der Waals surface area contributed by atoms with Gasteiger partial charge in [-0.25, -0.2) is 0 Å². The molecule has 1 amide bonds. The van der Waals surface area contributed by atoms with E-state index < -0.39 is 0 Å². The Morgan fingerprint density at radius 1 is 1.12 bits per heavy atom. The average Bonchev–Trinajstić information content (AvgIpc) is 2.85. The molecule has 2 aliphatic heterocycles. The molecule has 1 aliphatic carbocycles. The number of nitrogens with zero attached hydrogens (tertiary/aromatic N) is 2. The number of likely N-dealkylation sites (tertiary alicyclic amines) is 2. The molecular formula is C21H30N2O. The second kappa shape index (κ2) is 6.87. The molecule has 2 saturated heterocycles. The molecule has 0 aromatic heterocycles. The maximum absolute atomic E-state index is 12.7. The van der Waals surface area contributed by atoms with E-state index in [1.807, 2.05) is 0 Å². The standard InChI is InChI=1S/C21H30N2O/c1-16-6-4-7-17(12-16)13-22-11-3-2-8-19-14-23(15-20(19)22)21(24)18-9-5-10-18/h4,6-7,12,18-20H,2-3,5,8-11,13-15H2,1H3/t19-,20+/m0/s1. The van der Waals surface area contributed by atoms with Gasteiger partial charge in [0.05, 0.1) is 0 Å². The number of carbonyl (C=O) groups is 1. The van der Waals surface area contributed by atoms with Crippen LogP contribution in [0.15, 0.2) is 24.3 Å². The molecule has 0 spiro atoms. The lowest BCUT2D eigenvalue weighted by molar-refractivity contribution is -0.137. The van der Waals surface area contributed by atoms with Gasteiger partial charge >= 0.3 is 0 Å². The Kier molecular flexibility index (Phi) is 4.62. The van der Waals surface area contributed by atoms with Crippen LogP contribution in [-0.2, 0) is 11.3 Å². The lowest BCUT2D eigenvalue weighted by atomic mass is 9.84. The first kappa shape index (κ1) is 16.1. The number of fused-ring (bicyclic) bond motifs is 1. The first-order valence-corrected chi connectivity index (χ1v) is 9.79. The molecule has 2 atom stereocenters. The van der Waals surface area contributed by atoms with E-state index in [4.69, 9.17) is 0 Å². The van der Waals surface area contributed by atoms with Crippen LogP contribution in [0.4, 0.5) is 0 Å². The summed E-state index contributed by atoms with van der Waals surface area (Å²) in [4.78, 5) is 17.5. The topological polar surface area (TPSA) is 23.6 Å². The van der Waals surface area contributed by atoms with Gasteiger partial charge in [-0.05, 0) is 50.6 Å². The summed E-state index contributed by atoms with van der Waals surface area (Å²) in [5.74, 6) is 1.48. The fraction of sp³-hybridized carbons (Fsp3) is 0.667. The molecule has 3 nitrogen and oxygen atoms in total. The third-order valence-corrected chi connectivity index (χ3v) is 6.38. The Hall–Kier alpha value is -1.35. The maximum Gasteiger partial charge on any atom is 0.225 e. The van der Waals surface area contributed by atoms with Gasteiger partial charge in [-0.2, -0.15) is 0 Å². The molecule has 1 aromatic rings. The van der Waals surface area contributed by atoms with E-state index in [1.54, 1.807) is 0 Å². The summed E-state index contributed by atoms with van der Waals surface area (Å²) in [5, 5.41) is 0. The maximum atomic E-state index is 12.7. The van der Waals surface area contributed by atoms with Crippen LogP contribution in [0.25, 0.3) is 0 Å². The molecule has 0 radical (unpaired) electrons. The van der Waals surface area contributed by atoms with Gasteiger partial charge in [0, 0.05) is 31.6 Å². The second-order valence-corrected chi connectivity index (χ2v) is 8.15. The first-order chi connectivity index (χ1) is 11.7. The molecule has 1 aromatic carbocycles. The van der Waals surface area contributed by atoms with Gasteiger partial charge < -0.3 is 4.90 Å². The van der Waals surface area contributed by atoms with E-state index >= 15 is 0 Å². The van der Waals surface area contributed by atoms with Crippen LogP contribution in [0, 0.1) is 18.8 Å². The number of hydrogen-bond donors (Lipinski definition) is 0. The Labute approximate surface area is 146 Å². The average molecular weight is 326 g/mol. The summed E-state index contributed by atoms with van der Waals surface area (Å²) < 4.78 is 0. The van der Waals surface area contributed by atoms with Crippen molar-refractivity contribution in [1.29, 1.82) is 0 Å². The van der Waals surface area contributed by atoms with Crippen LogP contribution in [0.2, 0.25) is 0 Å². The smallest absolute Gasteiger partial charge is 0.225 e. The monoisotopic (exact) mass is 326 g/mol. The molecule has 130 valence electrons. The third kappa shape index (κ3) is 3.23. The van der Waals surface area contributed by atoms with Gasteiger partial charge in [0.1, 0.15) is 0 Å². The van der Waals surface area contributed by atoms with Crippen molar-refractivity contribution in [2.45, 2.75) is 58.0 Å². The van der Waals surface area contributed by atoms with Crippen molar-refractivity contribution in [3.8, 4) is 0 Å². The SMILES string of the molecule is Cc1cccc(CN2CCCC[C@H]3CN(C(=O)C4CCC4)C[C@H]32)c1. The molecule has 2 heterocycles. The highest BCUT2D eigenvalue weighted by Crippen LogP contribution is 2.35. The Bertz CT molecular complexity index is 595. The highest BCUT2D eigenvalue weighted by molar-refractivity contribution is 5.80. The largest absolute Gasteiger partial charge is 0.341 e. The third-order valence-electron chi connectivity index (χ3n) is 6.38. The van der Waals surface area contributed by atoms with Crippen molar-refractivity contribution in [3.63, 3.8) is 0 Å². The van der Waals surface area contributed by atoms with Crippen LogP contribution in [0.1, 0.15) is 49.7 Å². The van der Waals surface area contributed by atoms with Crippen molar-refractivity contribution < 1.29 is 4.79 Å². The minimum atomic E-state index is 0.345. The van der Waals surface area contributed by atoms with Crippen molar-refractivity contribution in [2.75, 3.05) is 19.6 Å². The van der Waals surface area contributed by atoms with E-state index in [2.05, 4.69) is 41.0 Å². The molecule has 3 aliphatic rings. The van der Waals surface area contributed by atoms with Crippen LogP contribution in [0.3, 0.4) is 0 Å². The van der Waals surface area contributed by atoms with Crippen molar-refractivity contribution in [1.82, 2.24) is 9.80 Å². The fourth-order valence-corrected chi connectivity index (χ4v) is 4.77. The molecule has 0 bridgehead atoms. The van der Waals surface area contributed by atoms with Gasteiger partial charge in [0.2, 0.25) is 5.91 Å². The highest BCUT2D eigenvalue weighted by atomic mass is 16.2. The zero-order valence-corrected chi connectivity index (χ0v) is 14.9. The summed E-state index contributed by atoms with van der Waals surface area (Å²) in [6.45, 7) is 6.36. The predicted octanol–water partition coefficient (Wildman–Crippen LogP) is 3.61. The lowest BCUT2D eigenvalue weighted by Gasteiger charge is -2.31. The number of benzene rings is 1. The van der Waals surface area contributed by atoms with E-state index in [1.165, 1.54) is 43.4 Å². The number of carbonyl (C=O) groups excluding carboxylic acids is 1. The van der Waals surface area contributed by atoms with Crippen molar-refractivity contribution in [2.24, 2.45) is 11.8 Å². The Balaban J connectivity index is 1.47. The summed E-state index contributed by atoms with van der Waals surface area (Å²) in [6, 6.07) is 9.47. The van der Waals surface area contributed by atoms with Crippen molar-refractivity contribution >= 4 is 5.91 Å². The van der Waals surface area contributed by atoms with Gasteiger partial charge in [-0.1, -0.05) is 42.7 Å². The summed E-state index contributed by atoms with van der Waals surface area (Å²) in [7, 11) is 0. The van der Waals surface area contributed by atoms with Crippen LogP contribution in [0.5, 0.6) is 0 Å². The number of amides is 1. The molecule has 3 heteroatoms. The minimum Gasteiger partial charge on any atom is -0.341 e. The zero-order valence-electron chi connectivity index (χ0n) is 14.9. The zero-order chi connectivity index (χ0) is 16.5. The second-order valence-electron chi connectivity index (χ2n) is 8.15. The lowest BCUT2D eigenvalue weighted by Crippen LogP contribution is -2.42. The molecule has 24 heavy (non-hydrogen) atoms. The van der Waals surface area contributed by atoms with Gasteiger partial charge in [-0.15, -0.1) is 0 Å². The van der Waals surface area contributed by atoms with Crippen LogP contribution >= 0.6 is 0 Å². The molecule has 0 N–H and O–H groups in total. The molecular weight excluding hydrogens is 296 g/mol. The Morgan fingerprint density at radius 3 is 2.75 bits per heavy atom. The summed E-state index contributed by atoms with van der Waals surface area (Å²) in [6.07, 6.45) is 7.40. The number of aryl methyl sites for hydroxylation is 1.